The SMILES string of the molecule is O=C1C(=Nc2ccc(OC(F)(F)F)cc2)C(c2ccccc2)C(=O)N1CC(F)(F)F. The molecule has 5 nitrogen and oxygen atoms in total. The van der Waals surface area contributed by atoms with Gasteiger partial charge in [-0.05, 0) is 29.8 Å². The van der Waals surface area contributed by atoms with Gasteiger partial charge in [0, 0.05) is 0 Å². The minimum Gasteiger partial charge on any atom is -0.406 e. The van der Waals surface area contributed by atoms with E-state index in [0.29, 0.717) is 0 Å². The number of hydrogen-bond acceptors (Lipinski definition) is 4. The minimum atomic E-state index is -4.91. The van der Waals surface area contributed by atoms with E-state index in [-0.39, 0.29) is 16.2 Å². The normalized spacial score (nSPS) is 18.9. The van der Waals surface area contributed by atoms with E-state index in [4.69, 9.17) is 0 Å². The predicted octanol–water partition coefficient (Wildman–Crippen LogP) is 4.37. The number of amides is 2. The highest BCUT2D eigenvalue weighted by molar-refractivity contribution is 6.52. The van der Waals surface area contributed by atoms with Crippen LogP contribution in [0.5, 0.6) is 5.75 Å². The van der Waals surface area contributed by atoms with Gasteiger partial charge >= 0.3 is 12.5 Å². The third kappa shape index (κ3) is 4.97. The van der Waals surface area contributed by atoms with Gasteiger partial charge in [0.15, 0.2) is 0 Å². The Morgan fingerprint density at radius 3 is 2.03 bits per heavy atom. The first-order valence-electron chi connectivity index (χ1n) is 8.36. The standard InChI is InChI=1S/C19H12F6N2O3/c20-18(21,22)10-27-16(28)14(11-4-2-1-3-5-11)15(17(27)29)26-12-6-8-13(9-7-12)30-19(23,24)25/h1-9,14H,10H2. The van der Waals surface area contributed by atoms with E-state index in [2.05, 4.69) is 9.73 Å². The van der Waals surface area contributed by atoms with Gasteiger partial charge < -0.3 is 4.74 Å². The van der Waals surface area contributed by atoms with E-state index >= 15 is 0 Å². The van der Waals surface area contributed by atoms with Crippen molar-refractivity contribution in [2.45, 2.75) is 18.5 Å². The second-order valence-electron chi connectivity index (χ2n) is 6.23. The smallest absolute Gasteiger partial charge is 0.406 e. The molecule has 30 heavy (non-hydrogen) atoms. The molecular weight excluding hydrogens is 418 g/mol. The molecule has 1 aliphatic heterocycles. The van der Waals surface area contributed by atoms with Crippen LogP contribution in [0.2, 0.25) is 0 Å². The minimum absolute atomic E-state index is 0.0320. The van der Waals surface area contributed by atoms with Gasteiger partial charge in [-0.3, -0.25) is 14.5 Å². The number of likely N-dealkylation sites (tertiary alicyclic amines) is 1. The van der Waals surface area contributed by atoms with Crippen LogP contribution in [0.4, 0.5) is 32.0 Å². The Hall–Kier alpha value is -3.37. The van der Waals surface area contributed by atoms with Gasteiger partial charge in [-0.15, -0.1) is 13.2 Å². The molecule has 0 spiro atoms. The van der Waals surface area contributed by atoms with Gasteiger partial charge in [-0.25, -0.2) is 4.99 Å². The number of carbonyl (C=O) groups is 2. The molecule has 0 radical (unpaired) electrons. The molecule has 158 valence electrons. The third-order valence-electron chi connectivity index (χ3n) is 4.04. The fourth-order valence-corrected chi connectivity index (χ4v) is 2.88. The molecule has 3 rings (SSSR count). The van der Waals surface area contributed by atoms with Crippen molar-refractivity contribution >= 4 is 23.2 Å². The summed E-state index contributed by atoms with van der Waals surface area (Å²) in [5.41, 5.74) is -0.230. The van der Waals surface area contributed by atoms with Crippen LogP contribution in [0.25, 0.3) is 0 Å². The summed E-state index contributed by atoms with van der Waals surface area (Å²) in [5, 5.41) is 0. The molecule has 2 aromatic rings. The fourth-order valence-electron chi connectivity index (χ4n) is 2.88. The van der Waals surface area contributed by atoms with Crippen molar-refractivity contribution in [2.24, 2.45) is 4.99 Å². The number of ether oxygens (including phenoxy) is 1. The molecule has 0 bridgehead atoms. The number of alkyl halides is 6. The van der Waals surface area contributed by atoms with Crippen LogP contribution >= 0.6 is 0 Å². The second kappa shape index (κ2) is 7.81. The van der Waals surface area contributed by atoms with Crippen LogP contribution in [-0.2, 0) is 9.59 Å². The summed E-state index contributed by atoms with van der Waals surface area (Å²) in [6, 6.07) is 11.7. The number of aliphatic imine (C=N–C) groups is 1. The molecule has 11 heteroatoms. The Bertz CT molecular complexity index is 969. The van der Waals surface area contributed by atoms with Gasteiger partial charge in [0.05, 0.1) is 5.69 Å². The lowest BCUT2D eigenvalue weighted by Crippen LogP contribution is -2.39. The summed E-state index contributed by atoms with van der Waals surface area (Å²) in [6.07, 6.45) is -9.71. The lowest BCUT2D eigenvalue weighted by atomic mass is 9.96. The lowest BCUT2D eigenvalue weighted by Gasteiger charge is -2.16. The van der Waals surface area contributed by atoms with Gasteiger partial charge in [0.2, 0.25) is 5.91 Å². The first-order valence-corrected chi connectivity index (χ1v) is 8.36. The Morgan fingerprint density at radius 2 is 1.50 bits per heavy atom. The molecule has 1 fully saturated rings. The maximum atomic E-state index is 12.8. The molecule has 0 saturated carbocycles. The van der Waals surface area contributed by atoms with Gasteiger partial charge in [0.1, 0.15) is 23.9 Å². The molecule has 0 N–H and O–H groups in total. The zero-order chi connectivity index (χ0) is 22.1. The lowest BCUT2D eigenvalue weighted by molar-refractivity contribution is -0.274. The van der Waals surface area contributed by atoms with E-state index < -0.39 is 48.3 Å². The zero-order valence-electron chi connectivity index (χ0n) is 14.9. The number of imide groups is 1. The molecule has 0 aromatic heterocycles. The predicted molar refractivity (Wildman–Crippen MR) is 92.2 cm³/mol. The summed E-state index contributed by atoms with van der Waals surface area (Å²) >= 11 is 0. The maximum Gasteiger partial charge on any atom is 0.573 e. The molecule has 1 aliphatic rings. The van der Waals surface area contributed by atoms with Crippen LogP contribution in [0, 0.1) is 0 Å². The molecule has 2 aromatic carbocycles. The van der Waals surface area contributed by atoms with Crippen LogP contribution in [0.1, 0.15) is 11.5 Å². The topological polar surface area (TPSA) is 59.0 Å². The molecule has 1 atom stereocenters. The van der Waals surface area contributed by atoms with Crippen molar-refractivity contribution in [3.05, 3.63) is 60.2 Å². The number of hydrogen-bond donors (Lipinski definition) is 0. The number of benzene rings is 2. The van der Waals surface area contributed by atoms with Crippen LogP contribution in [-0.4, -0.2) is 41.5 Å². The Labute approximate surface area is 165 Å². The Balaban J connectivity index is 1.98. The maximum absolute atomic E-state index is 12.8. The van der Waals surface area contributed by atoms with Gasteiger partial charge in [-0.2, -0.15) is 13.2 Å². The molecule has 0 aliphatic carbocycles. The third-order valence-corrected chi connectivity index (χ3v) is 4.04. The number of carbonyl (C=O) groups excluding carboxylic acids is 2. The van der Waals surface area contributed by atoms with Gasteiger partial charge in [0.25, 0.3) is 5.91 Å². The number of nitrogens with zero attached hydrogens (tertiary/aromatic N) is 2. The number of halogens is 6. The molecule has 1 unspecified atom stereocenters. The first kappa shape index (κ1) is 21.3. The molecular formula is C19H12F6N2O3. The zero-order valence-corrected chi connectivity index (χ0v) is 14.9. The highest BCUT2D eigenvalue weighted by Crippen LogP contribution is 2.33. The summed E-state index contributed by atoms with van der Waals surface area (Å²) < 4.78 is 79.0. The van der Waals surface area contributed by atoms with Crippen LogP contribution in [0.15, 0.2) is 59.6 Å². The summed E-state index contributed by atoms with van der Waals surface area (Å²) in [5.74, 6) is -4.22. The van der Waals surface area contributed by atoms with E-state index in [0.717, 1.165) is 24.3 Å². The average Bonchev–Trinajstić information content (AvgIpc) is 2.86. The molecule has 1 heterocycles. The van der Waals surface area contributed by atoms with Crippen molar-refractivity contribution in [3.8, 4) is 5.75 Å². The highest BCUT2D eigenvalue weighted by atomic mass is 19.4. The summed E-state index contributed by atoms with van der Waals surface area (Å²) in [7, 11) is 0. The second-order valence-corrected chi connectivity index (χ2v) is 6.23. The van der Waals surface area contributed by atoms with Crippen molar-refractivity contribution in [1.82, 2.24) is 4.90 Å². The van der Waals surface area contributed by atoms with E-state index in [1.807, 2.05) is 0 Å². The van der Waals surface area contributed by atoms with Crippen LogP contribution < -0.4 is 4.74 Å². The van der Waals surface area contributed by atoms with Crippen molar-refractivity contribution in [2.75, 3.05) is 6.54 Å². The monoisotopic (exact) mass is 430 g/mol. The van der Waals surface area contributed by atoms with Crippen LogP contribution in [0.3, 0.4) is 0 Å². The van der Waals surface area contributed by atoms with E-state index in [1.54, 1.807) is 18.2 Å². The highest BCUT2D eigenvalue weighted by Gasteiger charge is 2.49. The Kier molecular flexibility index (Phi) is 5.55. The summed E-state index contributed by atoms with van der Waals surface area (Å²) in [6.45, 7) is -1.77. The van der Waals surface area contributed by atoms with Crippen molar-refractivity contribution in [3.63, 3.8) is 0 Å². The quantitative estimate of drug-likeness (QED) is 0.535. The summed E-state index contributed by atoms with van der Waals surface area (Å²) in [4.78, 5) is 29.2. The average molecular weight is 430 g/mol. The van der Waals surface area contributed by atoms with Crippen molar-refractivity contribution in [1.29, 1.82) is 0 Å². The number of rotatable bonds is 4. The largest absolute Gasteiger partial charge is 0.573 e. The van der Waals surface area contributed by atoms with E-state index in [9.17, 15) is 35.9 Å². The van der Waals surface area contributed by atoms with E-state index in [1.165, 1.54) is 12.1 Å². The molecule has 1 saturated heterocycles. The van der Waals surface area contributed by atoms with Crippen molar-refractivity contribution < 1.29 is 40.7 Å². The molecule has 2 amide bonds. The first-order chi connectivity index (χ1) is 13.9. The van der Waals surface area contributed by atoms with Gasteiger partial charge in [-0.1, -0.05) is 30.3 Å². The Morgan fingerprint density at radius 1 is 0.900 bits per heavy atom. The fraction of sp³-hybridized carbons (Fsp3) is 0.211.